The van der Waals surface area contributed by atoms with Crippen molar-refractivity contribution < 1.29 is 14.2 Å². The third kappa shape index (κ3) is 4.73. The third-order valence-electron chi connectivity index (χ3n) is 8.17. The molecule has 6 heterocycles. The van der Waals surface area contributed by atoms with Gasteiger partial charge in [-0.25, -0.2) is 23.9 Å². The van der Waals surface area contributed by atoms with Gasteiger partial charge in [-0.1, -0.05) is 18.2 Å². The minimum absolute atomic E-state index is 0.185. The molecule has 3 atom stereocenters. The van der Waals surface area contributed by atoms with E-state index < -0.39 is 11.6 Å². The van der Waals surface area contributed by atoms with Crippen LogP contribution in [0.3, 0.4) is 0 Å². The second-order valence-electron chi connectivity index (χ2n) is 11.0. The number of hydrogen-bond acceptors (Lipinski definition) is 9. The van der Waals surface area contributed by atoms with Crippen LogP contribution in [-0.2, 0) is 10.3 Å². The van der Waals surface area contributed by atoms with Crippen LogP contribution in [0.2, 0.25) is 0 Å². The maximum Gasteiger partial charge on any atom is 0.156 e. The number of benzene rings is 1. The maximum absolute atomic E-state index is 13.4. The summed E-state index contributed by atoms with van der Waals surface area (Å²) < 4.78 is 22.4. The molecule has 1 fully saturated rings. The van der Waals surface area contributed by atoms with Gasteiger partial charge in [0, 0.05) is 54.6 Å². The predicted molar refractivity (Wildman–Crippen MR) is 154 cm³/mol. The van der Waals surface area contributed by atoms with Crippen molar-refractivity contribution in [1.82, 2.24) is 34.3 Å². The number of aliphatic hydroxyl groups is 1. The molecule has 1 saturated heterocycles. The van der Waals surface area contributed by atoms with Crippen molar-refractivity contribution in [1.29, 1.82) is 0 Å². The molecule has 7 rings (SSSR count). The first-order chi connectivity index (χ1) is 20.4. The van der Waals surface area contributed by atoms with Crippen molar-refractivity contribution in [2.75, 3.05) is 31.2 Å². The first kappa shape index (κ1) is 26.4. The lowest BCUT2D eigenvalue weighted by Gasteiger charge is -2.28. The van der Waals surface area contributed by atoms with E-state index in [1.807, 2.05) is 23.8 Å². The van der Waals surface area contributed by atoms with Gasteiger partial charge in [-0.05, 0) is 42.7 Å². The largest absolute Gasteiger partial charge is 0.388 e. The lowest BCUT2D eigenvalue weighted by Crippen LogP contribution is -2.34. The minimum Gasteiger partial charge on any atom is -0.388 e. The summed E-state index contributed by atoms with van der Waals surface area (Å²) in [5.74, 6) is 1.21. The molecule has 42 heavy (non-hydrogen) atoms. The number of hydrogen-bond donors (Lipinski definition) is 2. The van der Waals surface area contributed by atoms with E-state index in [9.17, 15) is 9.50 Å². The van der Waals surface area contributed by atoms with Crippen molar-refractivity contribution in [2.24, 2.45) is 5.73 Å². The standard InChI is InChI=1S/C30H30FN9O2/c1-30(32,22-2-4-24(31)5-3-22)23-12-33-28(34-13-23)19-6-8-38(9-7-19)29-25-10-20(14-39(25)37-18-35-29)21-11-36-40(15-21)26-16-42-17-27(26)41/h2-6,10-15,18,26-27,41H,7-9,16-17,32H2,1H3/t26-,27+,30?/m0/s1. The zero-order valence-electron chi connectivity index (χ0n) is 23.0. The minimum atomic E-state index is -0.844. The summed E-state index contributed by atoms with van der Waals surface area (Å²) in [5.41, 5.74) is 11.1. The number of aliphatic hydroxyl groups excluding tert-OH is 1. The Bertz CT molecular complexity index is 1760. The SMILES string of the molecule is CC(N)(c1ccc(F)cc1)c1cnc(C2=CCN(c3ncnn4cc(-c5cnn([C@H]6COC[C@H]6O)c5)cc34)CC2)nc1. The molecule has 11 nitrogen and oxygen atoms in total. The number of nitrogens with two attached hydrogens (primary N) is 1. The van der Waals surface area contributed by atoms with Gasteiger partial charge in [-0.2, -0.15) is 10.2 Å². The van der Waals surface area contributed by atoms with E-state index in [1.165, 1.54) is 12.1 Å². The van der Waals surface area contributed by atoms with Crippen molar-refractivity contribution in [3.05, 3.63) is 96.5 Å². The average molecular weight is 568 g/mol. The highest BCUT2D eigenvalue weighted by molar-refractivity contribution is 5.78. The second kappa shape index (κ2) is 10.4. The van der Waals surface area contributed by atoms with Crippen LogP contribution in [0.1, 0.15) is 36.3 Å². The average Bonchev–Trinajstić information content (AvgIpc) is 3.77. The number of fused-ring (bicyclic) bond motifs is 1. The quantitative estimate of drug-likeness (QED) is 0.318. The molecule has 3 N–H and O–H groups in total. The maximum atomic E-state index is 13.4. The zero-order chi connectivity index (χ0) is 28.8. The number of aromatic nitrogens is 7. The van der Waals surface area contributed by atoms with Gasteiger partial charge in [0.1, 0.15) is 29.8 Å². The Labute approximate surface area is 241 Å². The van der Waals surface area contributed by atoms with Crippen molar-refractivity contribution >= 4 is 16.9 Å². The van der Waals surface area contributed by atoms with Gasteiger partial charge >= 0.3 is 0 Å². The number of rotatable bonds is 6. The summed E-state index contributed by atoms with van der Waals surface area (Å²) in [7, 11) is 0. The highest BCUT2D eigenvalue weighted by atomic mass is 19.1. The summed E-state index contributed by atoms with van der Waals surface area (Å²) in [6, 6.07) is 8.05. The lowest BCUT2D eigenvalue weighted by molar-refractivity contribution is 0.118. The van der Waals surface area contributed by atoms with Crippen LogP contribution >= 0.6 is 0 Å². The monoisotopic (exact) mass is 567 g/mol. The molecular weight excluding hydrogens is 537 g/mol. The second-order valence-corrected chi connectivity index (χ2v) is 11.0. The van der Waals surface area contributed by atoms with Gasteiger partial charge in [0.15, 0.2) is 11.6 Å². The fourth-order valence-corrected chi connectivity index (χ4v) is 5.56. The summed E-state index contributed by atoms with van der Waals surface area (Å²) >= 11 is 0. The van der Waals surface area contributed by atoms with Crippen molar-refractivity contribution in [2.45, 2.75) is 31.0 Å². The normalized spacial score (nSPS) is 20.6. The van der Waals surface area contributed by atoms with Gasteiger partial charge in [0.2, 0.25) is 0 Å². The van der Waals surface area contributed by atoms with Crippen molar-refractivity contribution in [3.63, 3.8) is 0 Å². The Morgan fingerprint density at radius 2 is 1.81 bits per heavy atom. The van der Waals surface area contributed by atoms with Gasteiger partial charge in [-0.3, -0.25) is 4.68 Å². The Hall–Kier alpha value is -4.52. The number of halogens is 1. The van der Waals surface area contributed by atoms with Crippen LogP contribution in [-0.4, -0.2) is 71.9 Å². The smallest absolute Gasteiger partial charge is 0.156 e. The molecule has 214 valence electrons. The summed E-state index contributed by atoms with van der Waals surface area (Å²) in [4.78, 5) is 16.1. The van der Waals surface area contributed by atoms with Crippen LogP contribution in [0, 0.1) is 5.82 Å². The van der Waals surface area contributed by atoms with Crippen LogP contribution in [0.4, 0.5) is 10.2 Å². The highest BCUT2D eigenvalue weighted by Gasteiger charge is 2.29. The fraction of sp³-hybridized carbons (Fsp3) is 0.300. The van der Waals surface area contributed by atoms with Gasteiger partial charge in [0.05, 0.1) is 24.9 Å². The van der Waals surface area contributed by atoms with E-state index in [1.54, 1.807) is 41.7 Å². The van der Waals surface area contributed by atoms with E-state index in [0.717, 1.165) is 52.1 Å². The van der Waals surface area contributed by atoms with E-state index in [2.05, 4.69) is 42.2 Å². The molecule has 2 aliphatic heterocycles. The molecule has 1 unspecified atom stereocenters. The van der Waals surface area contributed by atoms with Crippen LogP contribution < -0.4 is 10.6 Å². The molecule has 4 aromatic heterocycles. The van der Waals surface area contributed by atoms with Gasteiger partial charge in [-0.15, -0.1) is 0 Å². The number of nitrogens with zero attached hydrogens (tertiary/aromatic N) is 8. The first-order valence-electron chi connectivity index (χ1n) is 13.8. The lowest BCUT2D eigenvalue weighted by atomic mass is 9.87. The van der Waals surface area contributed by atoms with Crippen molar-refractivity contribution in [3.8, 4) is 11.1 Å². The van der Waals surface area contributed by atoms with E-state index in [4.69, 9.17) is 10.5 Å². The summed E-state index contributed by atoms with van der Waals surface area (Å²) in [6.45, 7) is 4.02. The molecule has 1 aromatic carbocycles. The molecule has 0 aliphatic carbocycles. The van der Waals surface area contributed by atoms with Gasteiger partial charge in [0.25, 0.3) is 0 Å². The van der Waals surface area contributed by atoms with Crippen LogP contribution in [0.25, 0.3) is 22.2 Å². The van der Waals surface area contributed by atoms with E-state index >= 15 is 0 Å². The Morgan fingerprint density at radius 3 is 2.52 bits per heavy atom. The summed E-state index contributed by atoms with van der Waals surface area (Å²) in [5, 5.41) is 19.0. The van der Waals surface area contributed by atoms with E-state index in [-0.39, 0.29) is 11.9 Å². The molecule has 0 spiro atoms. The zero-order valence-corrected chi connectivity index (χ0v) is 23.0. The molecule has 0 radical (unpaired) electrons. The molecule has 0 amide bonds. The highest BCUT2D eigenvalue weighted by Crippen LogP contribution is 2.31. The fourth-order valence-electron chi connectivity index (χ4n) is 5.56. The first-order valence-corrected chi connectivity index (χ1v) is 13.8. The molecule has 5 aromatic rings. The Kier molecular flexibility index (Phi) is 6.53. The van der Waals surface area contributed by atoms with Crippen LogP contribution in [0.15, 0.2) is 73.7 Å². The summed E-state index contributed by atoms with van der Waals surface area (Å²) in [6.07, 6.45) is 13.1. The molecular formula is C30H30FN9O2. The molecule has 2 aliphatic rings. The topological polar surface area (TPSA) is 133 Å². The van der Waals surface area contributed by atoms with E-state index in [0.29, 0.717) is 25.6 Å². The Balaban J connectivity index is 1.08. The number of anilines is 1. The van der Waals surface area contributed by atoms with Gasteiger partial charge < -0.3 is 20.5 Å². The molecule has 0 bridgehead atoms. The predicted octanol–water partition coefficient (Wildman–Crippen LogP) is 2.97. The molecule has 0 saturated carbocycles. The van der Waals surface area contributed by atoms with Crippen LogP contribution in [0.5, 0.6) is 0 Å². The third-order valence-corrected chi connectivity index (χ3v) is 8.17. The number of ether oxygens (including phenoxy) is 1. The Morgan fingerprint density at radius 1 is 1.00 bits per heavy atom. The molecule has 12 heteroatoms.